The molecule has 4 heteroatoms. The van der Waals surface area contributed by atoms with Crippen LogP contribution in [0.4, 0.5) is 5.69 Å². The SMILES string of the molecule is COc1ccccc1CCNCCC(=O)N1CCc2ccccc21. The second-order valence-electron chi connectivity index (χ2n) is 5.99. The highest BCUT2D eigenvalue weighted by Gasteiger charge is 2.23. The van der Waals surface area contributed by atoms with Crippen molar-refractivity contribution in [1.29, 1.82) is 0 Å². The Morgan fingerprint density at radius 2 is 1.92 bits per heavy atom. The molecule has 0 saturated carbocycles. The van der Waals surface area contributed by atoms with E-state index >= 15 is 0 Å². The molecule has 0 aromatic heterocycles. The first-order chi connectivity index (χ1) is 11.8. The zero-order chi connectivity index (χ0) is 16.8. The molecule has 2 aromatic rings. The van der Waals surface area contributed by atoms with Gasteiger partial charge in [0.1, 0.15) is 5.75 Å². The van der Waals surface area contributed by atoms with Crippen molar-refractivity contribution >= 4 is 11.6 Å². The molecule has 0 spiro atoms. The lowest BCUT2D eigenvalue weighted by atomic mass is 10.1. The molecule has 1 aliphatic rings. The summed E-state index contributed by atoms with van der Waals surface area (Å²) < 4.78 is 5.35. The van der Waals surface area contributed by atoms with E-state index < -0.39 is 0 Å². The predicted octanol–water partition coefficient (Wildman–Crippen LogP) is 2.81. The van der Waals surface area contributed by atoms with E-state index in [0.717, 1.165) is 37.4 Å². The topological polar surface area (TPSA) is 41.6 Å². The fourth-order valence-corrected chi connectivity index (χ4v) is 3.19. The minimum atomic E-state index is 0.199. The fourth-order valence-electron chi connectivity index (χ4n) is 3.19. The number of ether oxygens (including phenoxy) is 1. The van der Waals surface area contributed by atoms with Crippen molar-refractivity contribution in [2.75, 3.05) is 31.6 Å². The van der Waals surface area contributed by atoms with Gasteiger partial charge in [0.25, 0.3) is 0 Å². The summed E-state index contributed by atoms with van der Waals surface area (Å²) in [6.45, 7) is 2.34. The summed E-state index contributed by atoms with van der Waals surface area (Å²) in [6.07, 6.45) is 2.38. The summed E-state index contributed by atoms with van der Waals surface area (Å²) in [5, 5.41) is 3.36. The zero-order valence-electron chi connectivity index (χ0n) is 14.1. The van der Waals surface area contributed by atoms with E-state index in [2.05, 4.69) is 17.4 Å². The van der Waals surface area contributed by atoms with Gasteiger partial charge in [-0.1, -0.05) is 36.4 Å². The third kappa shape index (κ3) is 3.77. The summed E-state index contributed by atoms with van der Waals surface area (Å²) in [5.41, 5.74) is 3.54. The number of fused-ring (bicyclic) bond motifs is 1. The minimum Gasteiger partial charge on any atom is -0.496 e. The quantitative estimate of drug-likeness (QED) is 0.796. The Labute approximate surface area is 143 Å². The van der Waals surface area contributed by atoms with Crippen LogP contribution in [0.15, 0.2) is 48.5 Å². The summed E-state index contributed by atoms with van der Waals surface area (Å²) >= 11 is 0. The Kier molecular flexibility index (Phi) is 5.49. The van der Waals surface area contributed by atoms with Crippen molar-refractivity contribution in [3.05, 3.63) is 59.7 Å². The van der Waals surface area contributed by atoms with Crippen molar-refractivity contribution in [1.82, 2.24) is 5.32 Å². The summed E-state index contributed by atoms with van der Waals surface area (Å²) in [4.78, 5) is 14.3. The molecular formula is C20H24N2O2. The number of hydrogen-bond acceptors (Lipinski definition) is 3. The number of carbonyl (C=O) groups excluding carboxylic acids is 1. The maximum absolute atomic E-state index is 12.4. The van der Waals surface area contributed by atoms with Gasteiger partial charge in [0.15, 0.2) is 0 Å². The Morgan fingerprint density at radius 1 is 1.12 bits per heavy atom. The van der Waals surface area contributed by atoms with Gasteiger partial charge in [-0.25, -0.2) is 0 Å². The Hall–Kier alpha value is -2.33. The molecule has 1 amide bonds. The number of nitrogens with one attached hydrogen (secondary N) is 1. The highest BCUT2D eigenvalue weighted by atomic mass is 16.5. The molecule has 126 valence electrons. The molecule has 0 radical (unpaired) electrons. The molecule has 2 aromatic carbocycles. The maximum Gasteiger partial charge on any atom is 0.228 e. The normalized spacial score (nSPS) is 13.0. The predicted molar refractivity (Wildman–Crippen MR) is 96.7 cm³/mol. The molecule has 0 atom stereocenters. The zero-order valence-corrected chi connectivity index (χ0v) is 14.1. The Balaban J connectivity index is 1.42. The largest absolute Gasteiger partial charge is 0.496 e. The van der Waals surface area contributed by atoms with Crippen LogP contribution in [0.1, 0.15) is 17.5 Å². The summed E-state index contributed by atoms with van der Waals surface area (Å²) in [7, 11) is 1.69. The van der Waals surface area contributed by atoms with Crippen LogP contribution in [-0.4, -0.2) is 32.7 Å². The number of para-hydroxylation sites is 2. The van der Waals surface area contributed by atoms with Gasteiger partial charge in [-0.05, 0) is 42.6 Å². The van der Waals surface area contributed by atoms with Gasteiger partial charge in [-0.3, -0.25) is 4.79 Å². The fraction of sp³-hybridized carbons (Fsp3) is 0.350. The van der Waals surface area contributed by atoms with E-state index in [1.54, 1.807) is 7.11 Å². The summed E-state index contributed by atoms with van der Waals surface area (Å²) in [6, 6.07) is 16.2. The first-order valence-corrected chi connectivity index (χ1v) is 8.50. The molecule has 4 nitrogen and oxygen atoms in total. The number of nitrogens with zero attached hydrogens (tertiary/aromatic N) is 1. The average molecular weight is 324 g/mol. The van der Waals surface area contributed by atoms with E-state index in [-0.39, 0.29) is 5.91 Å². The molecule has 3 rings (SSSR count). The molecule has 0 saturated heterocycles. The van der Waals surface area contributed by atoms with Crippen LogP contribution in [0.2, 0.25) is 0 Å². The monoisotopic (exact) mass is 324 g/mol. The lowest BCUT2D eigenvalue weighted by molar-refractivity contribution is -0.118. The molecule has 0 bridgehead atoms. The van der Waals surface area contributed by atoms with Gasteiger partial charge in [-0.2, -0.15) is 0 Å². The smallest absolute Gasteiger partial charge is 0.228 e. The lowest BCUT2D eigenvalue weighted by Crippen LogP contribution is -2.32. The van der Waals surface area contributed by atoms with Crippen molar-refractivity contribution < 1.29 is 9.53 Å². The van der Waals surface area contributed by atoms with Gasteiger partial charge in [0.05, 0.1) is 7.11 Å². The molecule has 0 unspecified atom stereocenters. The summed E-state index contributed by atoms with van der Waals surface area (Å²) in [5.74, 6) is 1.12. The highest BCUT2D eigenvalue weighted by Crippen LogP contribution is 2.27. The van der Waals surface area contributed by atoms with Crippen LogP contribution in [0.5, 0.6) is 5.75 Å². The second kappa shape index (κ2) is 7.97. The van der Waals surface area contributed by atoms with Crippen LogP contribution >= 0.6 is 0 Å². The van der Waals surface area contributed by atoms with Gasteiger partial charge in [0, 0.05) is 25.2 Å². The minimum absolute atomic E-state index is 0.199. The third-order valence-electron chi connectivity index (χ3n) is 4.47. The number of methoxy groups -OCH3 is 1. The number of rotatable bonds is 7. The molecule has 24 heavy (non-hydrogen) atoms. The standard InChI is InChI=1S/C20H24N2O2/c1-24-19-9-5-3-7-17(19)10-13-21-14-11-20(23)22-15-12-16-6-2-4-8-18(16)22/h2-9,21H,10-15H2,1H3. The van der Waals surface area contributed by atoms with Crippen LogP contribution in [-0.2, 0) is 17.6 Å². The maximum atomic E-state index is 12.4. The highest BCUT2D eigenvalue weighted by molar-refractivity contribution is 5.95. The van der Waals surface area contributed by atoms with Crippen LogP contribution < -0.4 is 15.0 Å². The van der Waals surface area contributed by atoms with E-state index in [9.17, 15) is 4.79 Å². The van der Waals surface area contributed by atoms with E-state index in [0.29, 0.717) is 13.0 Å². The number of carbonyl (C=O) groups is 1. The second-order valence-corrected chi connectivity index (χ2v) is 5.99. The van der Waals surface area contributed by atoms with E-state index in [1.807, 2.05) is 41.3 Å². The molecule has 1 heterocycles. The van der Waals surface area contributed by atoms with E-state index in [4.69, 9.17) is 4.74 Å². The van der Waals surface area contributed by atoms with E-state index in [1.165, 1.54) is 11.1 Å². The van der Waals surface area contributed by atoms with Crippen molar-refractivity contribution in [3.63, 3.8) is 0 Å². The number of hydrogen-bond donors (Lipinski definition) is 1. The van der Waals surface area contributed by atoms with Crippen LogP contribution in [0.3, 0.4) is 0 Å². The molecule has 1 aliphatic heterocycles. The molecule has 0 fully saturated rings. The molecule has 0 aliphatic carbocycles. The van der Waals surface area contributed by atoms with Crippen molar-refractivity contribution in [3.8, 4) is 5.75 Å². The van der Waals surface area contributed by atoms with Gasteiger partial charge < -0.3 is 15.0 Å². The van der Waals surface area contributed by atoms with Crippen molar-refractivity contribution in [2.24, 2.45) is 0 Å². The number of amides is 1. The Bertz CT molecular complexity index is 700. The van der Waals surface area contributed by atoms with Gasteiger partial charge in [0.2, 0.25) is 5.91 Å². The average Bonchev–Trinajstić information content (AvgIpc) is 3.06. The molecule has 1 N–H and O–H groups in total. The Morgan fingerprint density at radius 3 is 2.79 bits per heavy atom. The van der Waals surface area contributed by atoms with Crippen LogP contribution in [0, 0.1) is 0 Å². The van der Waals surface area contributed by atoms with Gasteiger partial charge in [-0.15, -0.1) is 0 Å². The first kappa shape index (κ1) is 16.5. The van der Waals surface area contributed by atoms with Gasteiger partial charge >= 0.3 is 0 Å². The lowest BCUT2D eigenvalue weighted by Gasteiger charge is -2.17. The first-order valence-electron chi connectivity index (χ1n) is 8.50. The third-order valence-corrected chi connectivity index (χ3v) is 4.47. The van der Waals surface area contributed by atoms with Crippen molar-refractivity contribution in [2.45, 2.75) is 19.3 Å². The number of benzene rings is 2. The number of anilines is 1. The molecular weight excluding hydrogens is 300 g/mol. The van der Waals surface area contributed by atoms with Crippen LogP contribution in [0.25, 0.3) is 0 Å².